The lowest BCUT2D eigenvalue weighted by atomic mass is 10.1. The highest BCUT2D eigenvalue weighted by Crippen LogP contribution is 2.23. The zero-order chi connectivity index (χ0) is 21.3. The summed E-state index contributed by atoms with van der Waals surface area (Å²) in [4.78, 5) is 12.9. The fourth-order valence-electron chi connectivity index (χ4n) is 3.86. The van der Waals surface area contributed by atoms with Crippen LogP contribution >= 0.6 is 0 Å². The molecule has 1 heterocycles. The van der Waals surface area contributed by atoms with Gasteiger partial charge in [0.15, 0.2) is 0 Å². The average molecular weight is 416 g/mol. The summed E-state index contributed by atoms with van der Waals surface area (Å²) in [6.45, 7) is 4.10. The molecule has 1 saturated heterocycles. The summed E-state index contributed by atoms with van der Waals surface area (Å²) in [5, 5.41) is 0. The van der Waals surface area contributed by atoms with Crippen LogP contribution in [0.3, 0.4) is 0 Å². The monoisotopic (exact) mass is 415 g/mol. The Morgan fingerprint density at radius 3 is 2.35 bits per heavy atom. The first kappa shape index (κ1) is 21.3. The Morgan fingerprint density at radius 1 is 0.903 bits per heavy atom. The summed E-state index contributed by atoms with van der Waals surface area (Å²) in [5.41, 5.74) is 4.85. The van der Waals surface area contributed by atoms with E-state index in [1.165, 1.54) is 11.1 Å². The van der Waals surface area contributed by atoms with Crippen molar-refractivity contribution in [3.8, 4) is 5.75 Å². The maximum Gasteiger partial charge on any atom is 0.120 e. The zero-order valence-corrected chi connectivity index (χ0v) is 17.8. The van der Waals surface area contributed by atoms with E-state index >= 15 is 0 Å². The van der Waals surface area contributed by atoms with Crippen LogP contribution in [0.2, 0.25) is 0 Å². The highest BCUT2D eigenvalue weighted by atomic mass is 16.5. The lowest BCUT2D eigenvalue weighted by molar-refractivity contribution is -0.107. The Kier molecular flexibility index (Phi) is 7.48. The molecule has 0 N–H and O–H groups in total. The van der Waals surface area contributed by atoms with Crippen molar-refractivity contribution in [2.24, 2.45) is 0 Å². The number of carbonyl (C=O) groups is 1. The lowest BCUT2D eigenvalue weighted by Gasteiger charge is -2.33. The SMILES string of the molecule is O=CCCc1ccc(OCc2ccc(CN3CCOC(c4ccccc4)C3)cc2)cc1. The summed E-state index contributed by atoms with van der Waals surface area (Å²) in [5.74, 6) is 0.846. The van der Waals surface area contributed by atoms with Crippen LogP contribution in [0, 0.1) is 0 Å². The van der Waals surface area contributed by atoms with Gasteiger partial charge in [0.25, 0.3) is 0 Å². The van der Waals surface area contributed by atoms with Crippen LogP contribution in [-0.4, -0.2) is 30.9 Å². The quantitative estimate of drug-likeness (QED) is 0.463. The minimum atomic E-state index is 0.146. The third-order valence-electron chi connectivity index (χ3n) is 5.63. The lowest BCUT2D eigenvalue weighted by Crippen LogP contribution is -2.37. The first-order valence-electron chi connectivity index (χ1n) is 10.9. The Hall–Kier alpha value is -2.95. The van der Waals surface area contributed by atoms with Gasteiger partial charge in [0.1, 0.15) is 18.6 Å². The molecule has 160 valence electrons. The minimum absolute atomic E-state index is 0.146. The molecule has 4 rings (SSSR count). The zero-order valence-electron chi connectivity index (χ0n) is 17.8. The van der Waals surface area contributed by atoms with Gasteiger partial charge in [-0.3, -0.25) is 4.90 Å². The Morgan fingerprint density at radius 2 is 1.61 bits per heavy atom. The van der Waals surface area contributed by atoms with Gasteiger partial charge in [-0.1, -0.05) is 66.7 Å². The van der Waals surface area contributed by atoms with Crippen molar-refractivity contribution in [3.63, 3.8) is 0 Å². The first-order chi connectivity index (χ1) is 15.3. The van der Waals surface area contributed by atoms with Gasteiger partial charge in [0.05, 0.1) is 12.7 Å². The number of aldehydes is 1. The fourth-order valence-corrected chi connectivity index (χ4v) is 3.86. The van der Waals surface area contributed by atoms with Crippen molar-refractivity contribution in [3.05, 3.63) is 101 Å². The molecular weight excluding hydrogens is 386 g/mol. The molecule has 31 heavy (non-hydrogen) atoms. The maximum atomic E-state index is 10.5. The standard InChI is InChI=1S/C27H29NO3/c29-17-4-5-22-12-14-26(15-13-22)31-21-24-10-8-23(9-11-24)19-28-16-18-30-27(20-28)25-6-2-1-3-7-25/h1-3,6-15,17,27H,4-5,16,18-21H2. The van der Waals surface area contributed by atoms with Gasteiger partial charge < -0.3 is 14.3 Å². The number of benzene rings is 3. The maximum absolute atomic E-state index is 10.5. The van der Waals surface area contributed by atoms with E-state index < -0.39 is 0 Å². The van der Waals surface area contributed by atoms with Gasteiger partial charge in [-0.15, -0.1) is 0 Å². The Balaban J connectivity index is 1.26. The van der Waals surface area contributed by atoms with E-state index in [0.29, 0.717) is 13.0 Å². The fraction of sp³-hybridized carbons (Fsp3) is 0.296. The van der Waals surface area contributed by atoms with E-state index in [2.05, 4.69) is 53.4 Å². The number of ether oxygens (including phenoxy) is 2. The molecule has 4 nitrogen and oxygen atoms in total. The van der Waals surface area contributed by atoms with Crippen LogP contribution in [0.4, 0.5) is 0 Å². The molecule has 1 fully saturated rings. The number of nitrogens with zero attached hydrogens (tertiary/aromatic N) is 1. The molecule has 0 spiro atoms. The van der Waals surface area contributed by atoms with Crippen LogP contribution < -0.4 is 4.74 Å². The number of aryl methyl sites for hydroxylation is 1. The second-order valence-corrected chi connectivity index (χ2v) is 7.96. The second-order valence-electron chi connectivity index (χ2n) is 7.96. The Labute approximate surface area is 184 Å². The summed E-state index contributed by atoms with van der Waals surface area (Å²) >= 11 is 0. The molecule has 1 unspecified atom stereocenters. The van der Waals surface area contributed by atoms with Gasteiger partial charge in [-0.2, -0.15) is 0 Å². The molecule has 0 amide bonds. The summed E-state index contributed by atoms with van der Waals surface area (Å²) in [6.07, 6.45) is 2.44. The molecule has 1 aliphatic rings. The van der Waals surface area contributed by atoms with Gasteiger partial charge in [0, 0.05) is 26.1 Å². The van der Waals surface area contributed by atoms with E-state index in [1.807, 2.05) is 30.3 Å². The van der Waals surface area contributed by atoms with Crippen LogP contribution in [0.25, 0.3) is 0 Å². The van der Waals surface area contributed by atoms with Crippen molar-refractivity contribution < 1.29 is 14.3 Å². The predicted molar refractivity (Wildman–Crippen MR) is 122 cm³/mol. The van der Waals surface area contributed by atoms with E-state index in [9.17, 15) is 4.79 Å². The predicted octanol–water partition coefficient (Wildman–Crippen LogP) is 4.97. The smallest absolute Gasteiger partial charge is 0.120 e. The average Bonchev–Trinajstić information content (AvgIpc) is 2.84. The van der Waals surface area contributed by atoms with E-state index in [1.54, 1.807) is 0 Å². The van der Waals surface area contributed by atoms with E-state index in [4.69, 9.17) is 9.47 Å². The Bertz CT molecular complexity index is 938. The largest absolute Gasteiger partial charge is 0.489 e. The van der Waals surface area contributed by atoms with Crippen LogP contribution in [0.15, 0.2) is 78.9 Å². The number of morpholine rings is 1. The molecular formula is C27H29NO3. The molecule has 0 aliphatic carbocycles. The van der Waals surface area contributed by atoms with Gasteiger partial charge >= 0.3 is 0 Å². The molecule has 0 radical (unpaired) electrons. The minimum Gasteiger partial charge on any atom is -0.489 e. The number of rotatable bonds is 9. The van der Waals surface area contributed by atoms with E-state index in [-0.39, 0.29) is 6.10 Å². The van der Waals surface area contributed by atoms with Crippen molar-refractivity contribution >= 4 is 6.29 Å². The first-order valence-corrected chi connectivity index (χ1v) is 10.9. The van der Waals surface area contributed by atoms with Gasteiger partial charge in [0.2, 0.25) is 0 Å². The van der Waals surface area contributed by atoms with Crippen molar-refractivity contribution in [1.29, 1.82) is 0 Å². The van der Waals surface area contributed by atoms with Crippen molar-refractivity contribution in [1.82, 2.24) is 4.90 Å². The summed E-state index contributed by atoms with van der Waals surface area (Å²) in [6, 6.07) is 27.1. The number of hydrogen-bond acceptors (Lipinski definition) is 4. The third-order valence-corrected chi connectivity index (χ3v) is 5.63. The van der Waals surface area contributed by atoms with Crippen molar-refractivity contribution in [2.75, 3.05) is 19.7 Å². The van der Waals surface area contributed by atoms with E-state index in [0.717, 1.165) is 55.8 Å². The molecule has 1 aliphatic heterocycles. The van der Waals surface area contributed by atoms with Crippen molar-refractivity contribution in [2.45, 2.75) is 32.1 Å². The second kappa shape index (κ2) is 10.9. The number of hydrogen-bond donors (Lipinski definition) is 0. The number of carbonyl (C=O) groups excluding carboxylic acids is 1. The molecule has 3 aromatic rings. The topological polar surface area (TPSA) is 38.8 Å². The highest BCUT2D eigenvalue weighted by Gasteiger charge is 2.21. The molecule has 0 saturated carbocycles. The summed E-state index contributed by atoms with van der Waals surface area (Å²) < 4.78 is 11.9. The summed E-state index contributed by atoms with van der Waals surface area (Å²) in [7, 11) is 0. The highest BCUT2D eigenvalue weighted by molar-refractivity contribution is 5.50. The molecule has 4 heteroatoms. The molecule has 3 aromatic carbocycles. The molecule has 1 atom stereocenters. The van der Waals surface area contributed by atoms with Gasteiger partial charge in [-0.05, 0) is 40.8 Å². The third kappa shape index (κ3) is 6.27. The molecule has 0 bridgehead atoms. The van der Waals surface area contributed by atoms with Crippen LogP contribution in [-0.2, 0) is 29.1 Å². The normalized spacial score (nSPS) is 16.7. The van der Waals surface area contributed by atoms with Gasteiger partial charge in [-0.25, -0.2) is 0 Å². The van der Waals surface area contributed by atoms with Crippen LogP contribution in [0.5, 0.6) is 5.75 Å². The molecule has 0 aromatic heterocycles. The van der Waals surface area contributed by atoms with Crippen LogP contribution in [0.1, 0.15) is 34.8 Å².